The molecule has 2 aromatic heterocycles. The summed E-state index contributed by atoms with van der Waals surface area (Å²) < 4.78 is 45.4. The van der Waals surface area contributed by atoms with Crippen LogP contribution >= 0.6 is 0 Å². The molecule has 226 valence electrons. The fourth-order valence-corrected chi connectivity index (χ4v) is 9.10. The van der Waals surface area contributed by atoms with Crippen molar-refractivity contribution in [2.24, 2.45) is 11.8 Å². The van der Waals surface area contributed by atoms with Gasteiger partial charge in [-0.2, -0.15) is 4.98 Å². The molecule has 3 saturated carbocycles. The third kappa shape index (κ3) is 5.50. The second kappa shape index (κ2) is 11.2. The van der Waals surface area contributed by atoms with Gasteiger partial charge in [-0.3, -0.25) is 14.1 Å². The minimum atomic E-state index is -3.72. The highest BCUT2D eigenvalue weighted by Crippen LogP contribution is 2.47. The van der Waals surface area contributed by atoms with Crippen LogP contribution in [0.25, 0.3) is 22.4 Å². The third-order valence-corrected chi connectivity index (χ3v) is 11.4. The molecular weight excluding hydrogens is 557 g/mol. The van der Waals surface area contributed by atoms with Crippen molar-refractivity contribution in [1.29, 1.82) is 0 Å². The number of halogens is 1. The van der Waals surface area contributed by atoms with Crippen LogP contribution in [0.2, 0.25) is 0 Å². The van der Waals surface area contributed by atoms with Crippen molar-refractivity contribution in [2.75, 3.05) is 24.1 Å². The third-order valence-electron chi connectivity index (χ3n) is 9.47. The van der Waals surface area contributed by atoms with Crippen molar-refractivity contribution >= 4 is 32.8 Å². The summed E-state index contributed by atoms with van der Waals surface area (Å²) in [5.41, 5.74) is 0.629. The SMILES string of the molecule is CC(C)n1c(=O)c(-c2ccc(NS(=O)(=O)C3CC4CCC3C4)c(F)c2)nc2cnc(N[C@H]3CC[C@H](N(C)C)CC3)nc21. The van der Waals surface area contributed by atoms with E-state index in [0.717, 1.165) is 44.9 Å². The van der Waals surface area contributed by atoms with E-state index in [0.29, 0.717) is 35.5 Å². The Morgan fingerprint density at radius 2 is 1.81 bits per heavy atom. The maximum Gasteiger partial charge on any atom is 0.278 e. The van der Waals surface area contributed by atoms with Crippen LogP contribution in [0.15, 0.2) is 29.2 Å². The summed E-state index contributed by atoms with van der Waals surface area (Å²) in [5.74, 6) is 0.292. The Kier molecular flexibility index (Phi) is 7.71. The van der Waals surface area contributed by atoms with Crippen molar-refractivity contribution in [3.8, 4) is 11.3 Å². The summed E-state index contributed by atoms with van der Waals surface area (Å²) in [6, 6.07) is 4.67. The minimum absolute atomic E-state index is 0.0592. The highest BCUT2D eigenvalue weighted by atomic mass is 32.2. The zero-order chi connectivity index (χ0) is 29.8. The van der Waals surface area contributed by atoms with Crippen LogP contribution in [-0.2, 0) is 10.0 Å². The highest BCUT2D eigenvalue weighted by Gasteiger charge is 2.46. The Balaban J connectivity index is 1.26. The van der Waals surface area contributed by atoms with E-state index in [2.05, 4.69) is 44.0 Å². The number of aromatic nitrogens is 4. The molecule has 6 rings (SSSR count). The number of hydrogen-bond donors (Lipinski definition) is 2. The maximum atomic E-state index is 15.3. The van der Waals surface area contributed by atoms with Gasteiger partial charge < -0.3 is 10.2 Å². The first kappa shape index (κ1) is 29.0. The molecule has 10 nitrogen and oxygen atoms in total. The van der Waals surface area contributed by atoms with E-state index in [1.54, 1.807) is 10.8 Å². The predicted octanol–water partition coefficient (Wildman–Crippen LogP) is 4.79. The summed E-state index contributed by atoms with van der Waals surface area (Å²) in [7, 11) is 0.508. The lowest BCUT2D eigenvalue weighted by atomic mass is 9.91. The molecule has 0 saturated heterocycles. The zero-order valence-corrected chi connectivity index (χ0v) is 25.5. The molecule has 2 N–H and O–H groups in total. The molecule has 3 unspecified atom stereocenters. The zero-order valence-electron chi connectivity index (χ0n) is 24.7. The fraction of sp³-hybridized carbons (Fsp3) is 0.600. The van der Waals surface area contributed by atoms with Gasteiger partial charge in [0.15, 0.2) is 5.65 Å². The number of hydrogen-bond acceptors (Lipinski definition) is 8. The lowest BCUT2D eigenvalue weighted by Gasteiger charge is -2.32. The number of rotatable bonds is 8. The minimum Gasteiger partial charge on any atom is -0.351 e. The molecule has 2 heterocycles. The molecule has 3 atom stereocenters. The summed E-state index contributed by atoms with van der Waals surface area (Å²) in [6.45, 7) is 3.77. The second-order valence-corrected chi connectivity index (χ2v) is 14.7. The van der Waals surface area contributed by atoms with Gasteiger partial charge in [0, 0.05) is 23.7 Å². The maximum absolute atomic E-state index is 15.3. The molecule has 12 heteroatoms. The Morgan fingerprint density at radius 1 is 1.05 bits per heavy atom. The van der Waals surface area contributed by atoms with Crippen molar-refractivity contribution in [3.63, 3.8) is 0 Å². The number of fused-ring (bicyclic) bond motifs is 3. The highest BCUT2D eigenvalue weighted by molar-refractivity contribution is 7.93. The van der Waals surface area contributed by atoms with E-state index in [1.807, 2.05) is 13.8 Å². The number of nitrogens with zero attached hydrogens (tertiary/aromatic N) is 5. The van der Waals surface area contributed by atoms with Gasteiger partial charge in [-0.25, -0.2) is 22.8 Å². The van der Waals surface area contributed by atoms with Crippen molar-refractivity contribution in [1.82, 2.24) is 24.4 Å². The predicted molar refractivity (Wildman–Crippen MR) is 163 cm³/mol. The van der Waals surface area contributed by atoms with E-state index in [-0.39, 0.29) is 34.9 Å². The molecule has 3 aliphatic carbocycles. The van der Waals surface area contributed by atoms with Gasteiger partial charge in [-0.15, -0.1) is 0 Å². The lowest BCUT2D eigenvalue weighted by molar-refractivity contribution is 0.221. The molecule has 0 aliphatic heterocycles. The first-order chi connectivity index (χ1) is 20.0. The van der Waals surface area contributed by atoms with Crippen molar-refractivity contribution in [2.45, 2.75) is 88.6 Å². The Morgan fingerprint density at radius 3 is 2.43 bits per heavy atom. The smallest absolute Gasteiger partial charge is 0.278 e. The number of benzene rings is 1. The van der Waals surface area contributed by atoms with Gasteiger partial charge >= 0.3 is 0 Å². The van der Waals surface area contributed by atoms with Crippen LogP contribution in [0.1, 0.15) is 71.3 Å². The average Bonchev–Trinajstić information content (AvgIpc) is 3.59. The van der Waals surface area contributed by atoms with E-state index in [4.69, 9.17) is 0 Å². The summed E-state index contributed by atoms with van der Waals surface area (Å²) in [4.78, 5) is 29.7. The van der Waals surface area contributed by atoms with E-state index >= 15 is 4.39 Å². The van der Waals surface area contributed by atoms with Gasteiger partial charge in [-0.1, -0.05) is 12.5 Å². The molecular formula is C30H40FN7O3S. The van der Waals surface area contributed by atoms with E-state index in [9.17, 15) is 13.2 Å². The molecule has 42 heavy (non-hydrogen) atoms. The number of anilines is 2. The fourth-order valence-electron chi connectivity index (χ4n) is 7.20. The standard InChI is InChI=1S/C30H40FN7O3S/c1-17(2)38-28-25(16-32-30(35-28)33-21-8-10-22(11-9-21)37(3)4)34-27(29(38)39)20-7-12-24(23(31)15-20)36-42(40,41)26-14-18-5-6-19(26)13-18/h7,12,15-19,21-22,26,36H,5-6,8-11,13-14H2,1-4H3,(H,32,33,35)/t18?,19?,21-,22-,26?. The molecule has 0 amide bonds. The summed E-state index contributed by atoms with van der Waals surface area (Å²) >= 11 is 0. The summed E-state index contributed by atoms with van der Waals surface area (Å²) in [5, 5.41) is 2.95. The summed E-state index contributed by atoms with van der Waals surface area (Å²) in [6.07, 6.45) is 9.35. The first-order valence-electron chi connectivity index (χ1n) is 15.0. The van der Waals surface area contributed by atoms with E-state index in [1.165, 1.54) is 18.2 Å². The van der Waals surface area contributed by atoms with Crippen LogP contribution < -0.4 is 15.6 Å². The van der Waals surface area contributed by atoms with Gasteiger partial charge in [-0.05, 0) is 96.9 Å². The van der Waals surface area contributed by atoms with Crippen molar-refractivity contribution in [3.05, 3.63) is 40.6 Å². The van der Waals surface area contributed by atoms with Crippen LogP contribution in [0, 0.1) is 17.7 Å². The second-order valence-electron chi connectivity index (χ2n) is 12.8. The number of sulfonamides is 1. The van der Waals surface area contributed by atoms with Gasteiger partial charge in [0.2, 0.25) is 16.0 Å². The Labute approximate surface area is 246 Å². The van der Waals surface area contributed by atoms with Crippen LogP contribution in [0.5, 0.6) is 0 Å². The quantitative estimate of drug-likeness (QED) is 0.380. The molecule has 1 aromatic carbocycles. The molecule has 0 spiro atoms. The normalized spacial score (nSPS) is 25.9. The Bertz CT molecular complexity index is 1650. The van der Waals surface area contributed by atoms with Crippen LogP contribution in [0.3, 0.4) is 0 Å². The van der Waals surface area contributed by atoms with Crippen molar-refractivity contribution < 1.29 is 12.8 Å². The first-order valence-corrected chi connectivity index (χ1v) is 16.6. The molecule has 3 aromatic rings. The lowest BCUT2D eigenvalue weighted by Crippen LogP contribution is -2.36. The molecule has 2 bridgehead atoms. The van der Waals surface area contributed by atoms with Gasteiger partial charge in [0.25, 0.3) is 5.56 Å². The Hall–Kier alpha value is -3.12. The van der Waals surface area contributed by atoms with E-state index < -0.39 is 26.6 Å². The number of nitrogens with one attached hydrogen (secondary N) is 2. The monoisotopic (exact) mass is 597 g/mol. The average molecular weight is 598 g/mol. The molecule has 0 radical (unpaired) electrons. The molecule has 3 aliphatic rings. The van der Waals surface area contributed by atoms with Crippen LogP contribution in [0.4, 0.5) is 16.0 Å². The van der Waals surface area contributed by atoms with Crippen LogP contribution in [-0.4, -0.2) is 64.3 Å². The van der Waals surface area contributed by atoms with Gasteiger partial charge in [0.05, 0.1) is 17.1 Å². The van der Waals surface area contributed by atoms with Gasteiger partial charge in [0.1, 0.15) is 17.0 Å². The topological polar surface area (TPSA) is 122 Å². The largest absolute Gasteiger partial charge is 0.351 e. The molecule has 3 fully saturated rings.